The van der Waals surface area contributed by atoms with E-state index >= 15 is 0 Å². The largest absolute Gasteiger partial charge is 0.494 e. The molecule has 0 spiro atoms. The standard InChI is InChI=1S/C34H28ClF2NO7S/c1-20(33-26(35)4-3-5-28(33)37)16-21-6-15-31-29(17-21)38(46(42,43)25-12-13-27(36)32(18-25)44-2)19-24(45-31)11-14-30(39)22-7-9-23(10-8-22)34(40)41/h3-10,12-13,15-18,24H,11,14,19H2,1-2H3,(H,40,41)/b20-16+/t24-/m0/s1. The monoisotopic (exact) mass is 667 g/mol. The van der Waals surface area contributed by atoms with Crippen LogP contribution in [0.15, 0.2) is 83.8 Å². The first-order chi connectivity index (χ1) is 21.9. The molecule has 0 radical (unpaired) electrons. The van der Waals surface area contributed by atoms with E-state index in [2.05, 4.69) is 0 Å². The second-order valence-corrected chi connectivity index (χ2v) is 12.8. The first-order valence-corrected chi connectivity index (χ1v) is 15.9. The van der Waals surface area contributed by atoms with E-state index in [0.29, 0.717) is 16.7 Å². The van der Waals surface area contributed by atoms with Crippen molar-refractivity contribution >= 4 is 50.7 Å². The van der Waals surface area contributed by atoms with Crippen LogP contribution in [0.4, 0.5) is 14.5 Å². The predicted molar refractivity (Wildman–Crippen MR) is 170 cm³/mol. The van der Waals surface area contributed by atoms with Crippen LogP contribution in [-0.4, -0.2) is 45.0 Å². The number of hydrogen-bond donors (Lipinski definition) is 1. The van der Waals surface area contributed by atoms with Crippen molar-refractivity contribution in [1.82, 2.24) is 0 Å². The number of ketones is 1. The van der Waals surface area contributed by atoms with Gasteiger partial charge in [0.25, 0.3) is 10.0 Å². The molecule has 1 heterocycles. The molecule has 8 nitrogen and oxygen atoms in total. The van der Waals surface area contributed by atoms with Crippen LogP contribution in [0.2, 0.25) is 5.02 Å². The minimum absolute atomic E-state index is 0.00586. The maximum atomic E-state index is 14.6. The van der Waals surface area contributed by atoms with E-state index < -0.39 is 33.7 Å². The van der Waals surface area contributed by atoms with Crippen LogP contribution >= 0.6 is 11.6 Å². The molecular formula is C34H28ClF2NO7S. The van der Waals surface area contributed by atoms with E-state index in [1.165, 1.54) is 43.5 Å². The van der Waals surface area contributed by atoms with Crippen molar-refractivity contribution in [2.75, 3.05) is 18.0 Å². The lowest BCUT2D eigenvalue weighted by Gasteiger charge is -2.35. The zero-order chi connectivity index (χ0) is 33.2. The minimum Gasteiger partial charge on any atom is -0.494 e. The summed E-state index contributed by atoms with van der Waals surface area (Å²) in [7, 11) is -3.08. The van der Waals surface area contributed by atoms with E-state index in [4.69, 9.17) is 26.2 Å². The molecule has 1 aliphatic rings. The van der Waals surface area contributed by atoms with Gasteiger partial charge in [-0.15, -0.1) is 0 Å². The SMILES string of the molecule is COc1cc(S(=O)(=O)N2C[C@H](CCC(=O)c3ccc(C(=O)O)cc3)Oc3ccc(/C=C(\C)c4c(F)cccc4Cl)cc32)ccc1F. The summed E-state index contributed by atoms with van der Waals surface area (Å²) < 4.78 is 69.2. The van der Waals surface area contributed by atoms with Crippen LogP contribution in [-0.2, 0) is 10.0 Å². The fraction of sp³-hybridized carbons (Fsp3) is 0.176. The van der Waals surface area contributed by atoms with Gasteiger partial charge in [-0.3, -0.25) is 9.10 Å². The third kappa shape index (κ3) is 6.75. The molecule has 46 heavy (non-hydrogen) atoms. The summed E-state index contributed by atoms with van der Waals surface area (Å²) in [6.45, 7) is 1.51. The lowest BCUT2D eigenvalue weighted by Crippen LogP contribution is -2.43. The highest BCUT2D eigenvalue weighted by molar-refractivity contribution is 7.92. The Labute approximate surface area is 269 Å². The molecule has 12 heteroatoms. The number of Topliss-reactive ketones (excluding diaryl/α,β-unsaturated/α-hetero) is 1. The number of hydrogen-bond acceptors (Lipinski definition) is 6. The maximum Gasteiger partial charge on any atom is 0.335 e. The Kier molecular flexibility index (Phi) is 9.45. The third-order valence-corrected chi connectivity index (χ3v) is 9.60. The van der Waals surface area contributed by atoms with E-state index in [1.807, 2.05) is 0 Å². The summed E-state index contributed by atoms with van der Waals surface area (Å²) in [5.41, 5.74) is 1.80. The molecule has 4 aromatic rings. The summed E-state index contributed by atoms with van der Waals surface area (Å²) in [6.07, 6.45) is 1.06. The van der Waals surface area contributed by atoms with Gasteiger partial charge in [0.05, 0.1) is 34.8 Å². The first kappa shape index (κ1) is 32.6. The molecule has 0 aliphatic carbocycles. The van der Waals surface area contributed by atoms with Gasteiger partial charge in [-0.2, -0.15) is 0 Å². The van der Waals surface area contributed by atoms with Crippen molar-refractivity contribution in [1.29, 1.82) is 0 Å². The zero-order valence-electron chi connectivity index (χ0n) is 24.7. The molecule has 0 fully saturated rings. The number of sulfonamides is 1. The fourth-order valence-corrected chi connectivity index (χ4v) is 6.98. The predicted octanol–water partition coefficient (Wildman–Crippen LogP) is 7.50. The number of halogens is 3. The second-order valence-electron chi connectivity index (χ2n) is 10.6. The Morgan fingerprint density at radius 2 is 1.74 bits per heavy atom. The minimum atomic E-state index is -4.31. The van der Waals surface area contributed by atoms with Crippen LogP contribution in [0.25, 0.3) is 11.6 Å². The van der Waals surface area contributed by atoms with Gasteiger partial charge < -0.3 is 14.6 Å². The van der Waals surface area contributed by atoms with E-state index in [9.17, 15) is 26.8 Å². The van der Waals surface area contributed by atoms with E-state index in [1.54, 1.807) is 37.3 Å². The van der Waals surface area contributed by atoms with Crippen molar-refractivity contribution < 1.29 is 41.4 Å². The number of rotatable bonds is 10. The topological polar surface area (TPSA) is 110 Å². The lowest BCUT2D eigenvalue weighted by molar-refractivity contribution is 0.0696. The van der Waals surface area contributed by atoms with Crippen LogP contribution in [0.5, 0.6) is 11.5 Å². The highest BCUT2D eigenvalue weighted by Crippen LogP contribution is 2.40. The lowest BCUT2D eigenvalue weighted by atomic mass is 10.0. The Morgan fingerprint density at radius 1 is 1.02 bits per heavy atom. The van der Waals surface area contributed by atoms with Gasteiger partial charge >= 0.3 is 5.97 Å². The summed E-state index contributed by atoms with van der Waals surface area (Å²) >= 11 is 6.25. The molecule has 4 aromatic carbocycles. The number of ether oxygens (including phenoxy) is 2. The molecule has 0 amide bonds. The van der Waals surface area contributed by atoms with Gasteiger partial charge in [0, 0.05) is 23.6 Å². The van der Waals surface area contributed by atoms with Gasteiger partial charge in [-0.1, -0.05) is 41.9 Å². The molecular weight excluding hydrogens is 640 g/mol. The Bertz CT molecular complexity index is 1940. The molecule has 0 saturated carbocycles. The van der Waals surface area contributed by atoms with Crippen LogP contribution in [0.1, 0.15) is 51.6 Å². The molecule has 5 rings (SSSR count). The van der Waals surface area contributed by atoms with Gasteiger partial charge in [0.1, 0.15) is 17.7 Å². The van der Waals surface area contributed by atoms with Crippen molar-refractivity contribution in [2.24, 2.45) is 0 Å². The van der Waals surface area contributed by atoms with Gasteiger partial charge in [0.2, 0.25) is 0 Å². The summed E-state index contributed by atoms with van der Waals surface area (Å²) in [4.78, 5) is 23.8. The average Bonchev–Trinajstić information content (AvgIpc) is 3.03. The molecule has 1 N–H and O–H groups in total. The number of carboxylic acids is 1. The van der Waals surface area contributed by atoms with Crippen molar-refractivity contribution in [3.05, 3.63) is 118 Å². The highest BCUT2D eigenvalue weighted by Gasteiger charge is 2.35. The van der Waals surface area contributed by atoms with Gasteiger partial charge in [0.15, 0.2) is 17.3 Å². The van der Waals surface area contributed by atoms with Crippen molar-refractivity contribution in [3.63, 3.8) is 0 Å². The molecule has 0 unspecified atom stereocenters. The van der Waals surface area contributed by atoms with Crippen LogP contribution in [0, 0.1) is 11.6 Å². The smallest absolute Gasteiger partial charge is 0.335 e. The van der Waals surface area contributed by atoms with Crippen molar-refractivity contribution in [2.45, 2.75) is 30.8 Å². The van der Waals surface area contributed by atoms with Gasteiger partial charge in [-0.25, -0.2) is 22.0 Å². The maximum absolute atomic E-state index is 14.6. The summed E-state index contributed by atoms with van der Waals surface area (Å²) in [5.74, 6) is -2.64. The number of carbonyl (C=O) groups is 2. The number of benzene rings is 4. The number of carboxylic acid groups (broad SMARTS) is 1. The number of allylic oxidation sites excluding steroid dienone is 1. The Balaban J connectivity index is 1.49. The number of anilines is 1. The normalized spacial score (nSPS) is 14.8. The van der Waals surface area contributed by atoms with Crippen LogP contribution < -0.4 is 13.8 Å². The average molecular weight is 668 g/mol. The Hall–Kier alpha value is -4.74. The molecule has 1 aliphatic heterocycles. The Morgan fingerprint density at radius 3 is 2.41 bits per heavy atom. The molecule has 0 aromatic heterocycles. The number of carbonyl (C=O) groups excluding carboxylic acids is 1. The van der Waals surface area contributed by atoms with Crippen molar-refractivity contribution in [3.8, 4) is 11.5 Å². The fourth-order valence-electron chi connectivity index (χ4n) is 5.16. The number of methoxy groups -OCH3 is 1. The molecule has 0 saturated heterocycles. The number of aromatic carboxylic acids is 1. The molecule has 238 valence electrons. The number of nitrogens with zero attached hydrogens (tertiary/aromatic N) is 1. The zero-order valence-corrected chi connectivity index (χ0v) is 26.2. The van der Waals surface area contributed by atoms with Crippen LogP contribution in [0.3, 0.4) is 0 Å². The number of fused-ring (bicyclic) bond motifs is 1. The summed E-state index contributed by atoms with van der Waals surface area (Å²) in [5, 5.41) is 9.34. The molecule has 0 bridgehead atoms. The molecule has 1 atom stereocenters. The van der Waals surface area contributed by atoms with E-state index in [0.717, 1.165) is 22.5 Å². The first-order valence-electron chi connectivity index (χ1n) is 14.0. The second kappa shape index (κ2) is 13.3. The summed E-state index contributed by atoms with van der Waals surface area (Å²) in [6, 6.07) is 17.9. The van der Waals surface area contributed by atoms with E-state index in [-0.39, 0.29) is 63.4 Å². The van der Waals surface area contributed by atoms with Gasteiger partial charge in [-0.05, 0) is 73.0 Å². The highest BCUT2D eigenvalue weighted by atomic mass is 35.5. The third-order valence-electron chi connectivity index (χ3n) is 7.51. The quantitative estimate of drug-likeness (QED) is 0.138.